The number of halogens is 1. The van der Waals surface area contributed by atoms with Crippen molar-refractivity contribution in [1.82, 2.24) is 0 Å². The summed E-state index contributed by atoms with van der Waals surface area (Å²) >= 11 is 0. The van der Waals surface area contributed by atoms with E-state index in [-0.39, 0.29) is 57.2 Å². The second kappa shape index (κ2) is 7.63. The molecule has 2 bridgehead atoms. The third-order valence-corrected chi connectivity index (χ3v) is 9.55. The van der Waals surface area contributed by atoms with Gasteiger partial charge in [0.1, 0.15) is 6.10 Å². The molecule has 21 heavy (non-hydrogen) atoms. The van der Waals surface area contributed by atoms with Crippen LogP contribution in [0.4, 0.5) is 0 Å². The molecule has 0 unspecified atom stereocenters. The molecule has 2 fully saturated rings. The summed E-state index contributed by atoms with van der Waals surface area (Å²) in [6, 6.07) is 0. The monoisotopic (exact) mass is 520 g/mol. The Kier molecular flexibility index (Phi) is 7.94. The van der Waals surface area contributed by atoms with Crippen molar-refractivity contribution in [2.75, 3.05) is 0 Å². The zero-order valence-corrected chi connectivity index (χ0v) is 21.4. The van der Waals surface area contributed by atoms with E-state index in [0.29, 0.717) is 17.9 Å². The van der Waals surface area contributed by atoms with E-state index in [1.54, 1.807) is 0 Å². The Labute approximate surface area is 157 Å². The van der Waals surface area contributed by atoms with Gasteiger partial charge in [-0.15, -0.1) is 0 Å². The van der Waals surface area contributed by atoms with E-state index in [1.165, 1.54) is 6.92 Å². The smallest absolute Gasteiger partial charge is 1.00 e. The number of carbonyl (C=O) groups is 1. The van der Waals surface area contributed by atoms with E-state index in [4.69, 9.17) is 9.16 Å². The van der Waals surface area contributed by atoms with Gasteiger partial charge in [-0.25, -0.2) is 0 Å². The van der Waals surface area contributed by atoms with Crippen LogP contribution in [-0.4, -0.2) is 26.5 Å². The van der Waals surface area contributed by atoms with Gasteiger partial charge in [0.15, 0.2) is 8.32 Å². The Bertz CT molecular complexity index is 370. The third-order valence-electron chi connectivity index (χ3n) is 5.04. The molecule has 2 rings (SSSR count). The molecule has 0 saturated heterocycles. The van der Waals surface area contributed by atoms with E-state index in [0.717, 1.165) is 12.8 Å². The second-order valence-corrected chi connectivity index (χ2v) is 12.3. The van der Waals surface area contributed by atoms with Gasteiger partial charge in [0.2, 0.25) is 0 Å². The van der Waals surface area contributed by atoms with Crippen molar-refractivity contribution < 1.29 is 54.0 Å². The maximum atomic E-state index is 11.1. The molecule has 2 radical (unpaired) electrons. The largest absolute Gasteiger partial charge is 1.00 e. The number of ether oxygens (including phenoxy) is 1. The summed E-state index contributed by atoms with van der Waals surface area (Å²) in [7, 11) is -1.69. The Balaban J connectivity index is 0.00000200. The molecule has 0 aliphatic heterocycles. The van der Waals surface area contributed by atoms with E-state index in [9.17, 15) is 4.79 Å². The van der Waals surface area contributed by atoms with Gasteiger partial charge in [-0.3, -0.25) is 4.79 Å². The van der Waals surface area contributed by atoms with Gasteiger partial charge >= 0.3 is 33.6 Å². The maximum Gasteiger partial charge on any atom is 1.00 e. The van der Waals surface area contributed by atoms with Crippen molar-refractivity contribution in [3.05, 3.63) is 6.42 Å². The molecular formula is C15H27ClHgO3Si. The van der Waals surface area contributed by atoms with Crippen LogP contribution in [0.2, 0.25) is 18.1 Å². The fourth-order valence-electron chi connectivity index (χ4n) is 2.96. The van der Waals surface area contributed by atoms with Gasteiger partial charge < -0.3 is 21.6 Å². The number of carbonyl (C=O) groups excluding carboxylic acids is 1. The molecule has 3 nitrogen and oxygen atoms in total. The first-order valence-electron chi connectivity index (χ1n) is 7.30. The Morgan fingerprint density at radius 3 is 2.19 bits per heavy atom. The summed E-state index contributed by atoms with van der Waals surface area (Å²) in [5.74, 6) is 0.780. The van der Waals surface area contributed by atoms with Crippen LogP contribution < -0.4 is 12.4 Å². The summed E-state index contributed by atoms with van der Waals surface area (Å²) in [4.78, 5) is 11.1. The summed E-state index contributed by atoms with van der Waals surface area (Å²) in [6.07, 6.45) is 4.75. The average molecular weight is 520 g/mol. The number of hydrogen-bond acceptors (Lipinski definition) is 3. The number of esters is 1. The van der Waals surface area contributed by atoms with Gasteiger partial charge in [0.05, 0.1) is 0 Å². The van der Waals surface area contributed by atoms with Gasteiger partial charge in [0.25, 0.3) is 0 Å². The van der Waals surface area contributed by atoms with E-state index >= 15 is 0 Å². The molecule has 0 aromatic rings. The predicted molar refractivity (Wildman–Crippen MR) is 78.1 cm³/mol. The molecule has 0 spiro atoms. The van der Waals surface area contributed by atoms with E-state index in [1.807, 2.05) is 0 Å². The molecule has 2 aliphatic rings. The Morgan fingerprint density at radius 2 is 1.81 bits per heavy atom. The fraction of sp³-hybridized carbons (Fsp3) is 0.867. The number of fused-ring (bicyclic) bond motifs is 2. The topological polar surface area (TPSA) is 35.5 Å². The molecule has 4 atom stereocenters. The Morgan fingerprint density at radius 1 is 1.24 bits per heavy atom. The molecule has 6 heteroatoms. The van der Waals surface area contributed by atoms with Crippen molar-refractivity contribution in [2.24, 2.45) is 11.8 Å². The average Bonchev–Trinajstić information content (AvgIpc) is 2.73. The molecule has 0 aromatic heterocycles. The number of hydrogen-bond donors (Lipinski definition) is 0. The molecular weight excluding hydrogens is 492 g/mol. The third kappa shape index (κ3) is 4.92. The van der Waals surface area contributed by atoms with Crippen molar-refractivity contribution in [1.29, 1.82) is 0 Å². The molecule has 0 N–H and O–H groups in total. The van der Waals surface area contributed by atoms with Crippen molar-refractivity contribution in [3.8, 4) is 0 Å². The summed E-state index contributed by atoms with van der Waals surface area (Å²) in [6.45, 7) is 12.9. The second-order valence-electron chi connectivity index (χ2n) is 7.58. The van der Waals surface area contributed by atoms with E-state index < -0.39 is 8.32 Å². The van der Waals surface area contributed by atoms with E-state index in [2.05, 4.69) is 40.3 Å². The summed E-state index contributed by atoms with van der Waals surface area (Å²) < 4.78 is 11.9. The van der Waals surface area contributed by atoms with Crippen LogP contribution in [0.3, 0.4) is 0 Å². The van der Waals surface area contributed by atoms with Crippen molar-refractivity contribution >= 4 is 14.3 Å². The zero-order valence-electron chi connectivity index (χ0n) is 14.1. The minimum absolute atomic E-state index is 0. The predicted octanol–water partition coefficient (Wildman–Crippen LogP) is 0.554. The Hall–Kier alpha value is 0.872. The van der Waals surface area contributed by atoms with Crippen LogP contribution in [0.1, 0.15) is 40.5 Å². The summed E-state index contributed by atoms with van der Waals surface area (Å²) in [5, 5.41) is 0.254. The van der Waals surface area contributed by atoms with Crippen molar-refractivity contribution in [3.63, 3.8) is 0 Å². The first-order chi connectivity index (χ1) is 8.60. The van der Waals surface area contributed by atoms with Crippen LogP contribution in [0.15, 0.2) is 0 Å². The molecule has 0 aromatic carbocycles. The standard InChI is InChI=1S/C15H27O3Si.ClH.Hg/c1-10(16)17-13-8-12-7-11(13)9-14(12)18-19(5,6)15(2,3)4;;/h8,11-14H,7,9H2,1-6H3;1H;/q;;+1/p-1/t11-,12-,13+,14+;;/m0../s1. The summed E-state index contributed by atoms with van der Waals surface area (Å²) in [5.41, 5.74) is 0. The van der Waals surface area contributed by atoms with Gasteiger partial charge in [0, 0.05) is 19.4 Å². The number of rotatable bonds is 3. The van der Waals surface area contributed by atoms with Crippen LogP contribution in [0.25, 0.3) is 0 Å². The quantitative estimate of drug-likeness (QED) is 0.404. The zero-order chi connectivity index (χ0) is 14.4. The van der Waals surface area contributed by atoms with Gasteiger partial charge in [-0.05, 0) is 42.8 Å². The molecule has 2 aliphatic carbocycles. The molecule has 118 valence electrons. The molecule has 0 amide bonds. The minimum atomic E-state index is -1.69. The van der Waals surface area contributed by atoms with Crippen LogP contribution >= 0.6 is 0 Å². The first-order valence-corrected chi connectivity index (χ1v) is 10.2. The van der Waals surface area contributed by atoms with Gasteiger partial charge in [-0.2, -0.15) is 0 Å². The van der Waals surface area contributed by atoms with Crippen LogP contribution in [-0.2, 0) is 41.6 Å². The van der Waals surface area contributed by atoms with Crippen LogP contribution in [0, 0.1) is 18.3 Å². The molecule has 2 saturated carbocycles. The van der Waals surface area contributed by atoms with Crippen LogP contribution in [0.5, 0.6) is 0 Å². The molecule has 0 heterocycles. The first kappa shape index (κ1) is 21.9. The minimum Gasteiger partial charge on any atom is -1.00 e. The maximum absolute atomic E-state index is 11.1. The fourth-order valence-corrected chi connectivity index (χ4v) is 4.34. The van der Waals surface area contributed by atoms with Gasteiger partial charge in [-0.1, -0.05) is 20.8 Å². The normalized spacial score (nSPS) is 31.3. The van der Waals surface area contributed by atoms with Crippen molar-refractivity contribution in [2.45, 2.75) is 70.9 Å². The SMILES string of the molecule is CC(=O)O[C@@H]1[CH][C@@H]2C[C@H]1C[C@H]2O[Si](C)(C)C(C)(C)C.[Cl-].[Hg+].